The maximum Gasteiger partial charge on any atom is 0.410 e. The van der Waals surface area contributed by atoms with Crippen molar-refractivity contribution in [1.82, 2.24) is 4.90 Å². The van der Waals surface area contributed by atoms with Crippen molar-refractivity contribution < 1.29 is 13.9 Å². The number of nitriles is 1. The molecule has 1 aliphatic heterocycles. The highest BCUT2D eigenvalue weighted by Gasteiger charge is 2.28. The van der Waals surface area contributed by atoms with Crippen LogP contribution in [-0.4, -0.2) is 29.7 Å². The van der Waals surface area contributed by atoms with Crippen LogP contribution in [0.5, 0.6) is 0 Å². The fraction of sp³-hybridized carbons (Fsp3) is 0.600. The minimum absolute atomic E-state index is 0.0405. The summed E-state index contributed by atoms with van der Waals surface area (Å²) in [5.74, 6) is 0.208. The van der Waals surface area contributed by atoms with Crippen LogP contribution in [0.3, 0.4) is 0 Å². The van der Waals surface area contributed by atoms with Crippen molar-refractivity contribution in [1.29, 1.82) is 5.26 Å². The van der Waals surface area contributed by atoms with Crippen molar-refractivity contribution in [3.05, 3.63) is 35.6 Å². The highest BCUT2D eigenvalue weighted by molar-refractivity contribution is 5.68. The molecule has 1 heterocycles. The van der Waals surface area contributed by atoms with Gasteiger partial charge in [0.2, 0.25) is 0 Å². The quantitative estimate of drug-likeness (QED) is 0.782. The van der Waals surface area contributed by atoms with E-state index < -0.39 is 5.60 Å². The molecule has 1 aromatic rings. The second-order valence-electron chi connectivity index (χ2n) is 7.76. The number of carbonyl (C=O) groups excluding carboxylic acids is 1. The molecule has 1 fully saturated rings. The fourth-order valence-electron chi connectivity index (χ4n) is 3.29. The van der Waals surface area contributed by atoms with Gasteiger partial charge in [0.05, 0.1) is 6.07 Å². The summed E-state index contributed by atoms with van der Waals surface area (Å²) in [6.07, 6.45) is 2.74. The van der Waals surface area contributed by atoms with Crippen LogP contribution in [0.4, 0.5) is 9.18 Å². The smallest absolute Gasteiger partial charge is 0.410 e. The predicted octanol–water partition coefficient (Wildman–Crippen LogP) is 4.86. The second-order valence-corrected chi connectivity index (χ2v) is 7.76. The number of nitrogens with zero attached hydrogens (tertiary/aromatic N) is 2. The minimum Gasteiger partial charge on any atom is -0.444 e. The summed E-state index contributed by atoms with van der Waals surface area (Å²) in [5.41, 5.74) is 0.402. The van der Waals surface area contributed by atoms with Gasteiger partial charge in [-0.25, -0.2) is 9.18 Å². The molecular weight excluding hydrogens is 319 g/mol. The zero-order valence-electron chi connectivity index (χ0n) is 15.3. The Bertz CT molecular complexity index is 625. The van der Waals surface area contributed by atoms with Gasteiger partial charge in [0.15, 0.2) is 0 Å². The lowest BCUT2D eigenvalue weighted by atomic mass is 9.82. The third-order valence-corrected chi connectivity index (χ3v) is 4.54. The van der Waals surface area contributed by atoms with Crippen molar-refractivity contribution in [2.24, 2.45) is 5.92 Å². The Kier molecular flexibility index (Phi) is 6.41. The first kappa shape index (κ1) is 19.2. The number of rotatable bonds is 4. The van der Waals surface area contributed by atoms with E-state index in [1.165, 1.54) is 12.1 Å². The van der Waals surface area contributed by atoms with Crippen LogP contribution in [0.25, 0.3) is 0 Å². The SMILES string of the molecule is CC(C)(C)OC(=O)N1CCC(CC(CC#N)c2cccc(F)c2)CC1. The molecule has 136 valence electrons. The molecule has 1 atom stereocenters. The van der Waals surface area contributed by atoms with Crippen LogP contribution < -0.4 is 0 Å². The summed E-state index contributed by atoms with van der Waals surface area (Å²) in [5, 5.41) is 9.11. The van der Waals surface area contributed by atoms with Crippen LogP contribution in [0.15, 0.2) is 24.3 Å². The van der Waals surface area contributed by atoms with E-state index in [4.69, 9.17) is 10.00 Å². The molecule has 0 spiro atoms. The lowest BCUT2D eigenvalue weighted by Gasteiger charge is -2.34. The number of hydrogen-bond acceptors (Lipinski definition) is 3. The summed E-state index contributed by atoms with van der Waals surface area (Å²) in [6, 6.07) is 8.75. The molecule has 0 saturated carbocycles. The van der Waals surface area contributed by atoms with E-state index in [-0.39, 0.29) is 17.8 Å². The van der Waals surface area contributed by atoms with Gasteiger partial charge < -0.3 is 9.64 Å². The average Bonchev–Trinajstić information content (AvgIpc) is 2.53. The summed E-state index contributed by atoms with van der Waals surface area (Å²) >= 11 is 0. The Hall–Kier alpha value is -2.09. The number of likely N-dealkylation sites (tertiary alicyclic amines) is 1. The molecule has 1 saturated heterocycles. The maximum atomic E-state index is 13.5. The largest absolute Gasteiger partial charge is 0.444 e. The van der Waals surface area contributed by atoms with Gasteiger partial charge in [-0.1, -0.05) is 12.1 Å². The molecule has 1 amide bonds. The average molecular weight is 346 g/mol. The number of benzene rings is 1. The molecule has 5 heteroatoms. The molecule has 4 nitrogen and oxygen atoms in total. The lowest BCUT2D eigenvalue weighted by molar-refractivity contribution is 0.0179. The van der Waals surface area contributed by atoms with Gasteiger partial charge in [-0.15, -0.1) is 0 Å². The second kappa shape index (κ2) is 8.33. The first-order valence-electron chi connectivity index (χ1n) is 8.89. The van der Waals surface area contributed by atoms with Crippen LogP contribution in [0.2, 0.25) is 0 Å². The molecular formula is C20H27FN2O2. The molecule has 1 aromatic carbocycles. The van der Waals surface area contributed by atoms with E-state index in [0.29, 0.717) is 25.4 Å². The zero-order valence-corrected chi connectivity index (χ0v) is 15.3. The maximum absolute atomic E-state index is 13.5. The van der Waals surface area contributed by atoms with Gasteiger partial charge in [-0.05, 0) is 69.6 Å². The molecule has 0 N–H and O–H groups in total. The van der Waals surface area contributed by atoms with E-state index in [0.717, 1.165) is 24.8 Å². The number of piperidine rings is 1. The zero-order chi connectivity index (χ0) is 18.4. The van der Waals surface area contributed by atoms with Gasteiger partial charge >= 0.3 is 6.09 Å². The topological polar surface area (TPSA) is 53.3 Å². The third-order valence-electron chi connectivity index (χ3n) is 4.54. The summed E-state index contributed by atoms with van der Waals surface area (Å²) in [4.78, 5) is 13.9. The first-order valence-corrected chi connectivity index (χ1v) is 8.89. The monoisotopic (exact) mass is 346 g/mol. The predicted molar refractivity (Wildman–Crippen MR) is 94.5 cm³/mol. The van der Waals surface area contributed by atoms with Crippen molar-refractivity contribution in [2.75, 3.05) is 13.1 Å². The summed E-state index contributed by atoms with van der Waals surface area (Å²) in [7, 11) is 0. The molecule has 0 aromatic heterocycles. The van der Waals surface area contributed by atoms with Crippen molar-refractivity contribution >= 4 is 6.09 Å². The highest BCUT2D eigenvalue weighted by Crippen LogP contribution is 2.32. The molecule has 1 aliphatic rings. The summed E-state index contributed by atoms with van der Waals surface area (Å²) < 4.78 is 18.9. The number of hydrogen-bond donors (Lipinski definition) is 0. The minimum atomic E-state index is -0.483. The van der Waals surface area contributed by atoms with Gasteiger partial charge in [0.25, 0.3) is 0 Å². The molecule has 0 bridgehead atoms. The van der Waals surface area contributed by atoms with E-state index in [2.05, 4.69) is 6.07 Å². The van der Waals surface area contributed by atoms with Crippen LogP contribution in [-0.2, 0) is 4.74 Å². The van der Waals surface area contributed by atoms with Gasteiger partial charge in [0, 0.05) is 19.5 Å². The van der Waals surface area contributed by atoms with Gasteiger partial charge in [-0.3, -0.25) is 0 Å². The Balaban J connectivity index is 1.91. The van der Waals surface area contributed by atoms with Crippen LogP contribution in [0.1, 0.15) is 57.9 Å². The fourth-order valence-corrected chi connectivity index (χ4v) is 3.29. The van der Waals surface area contributed by atoms with Crippen LogP contribution in [0, 0.1) is 23.1 Å². The third kappa shape index (κ3) is 6.04. The number of amides is 1. The Morgan fingerprint density at radius 1 is 1.40 bits per heavy atom. The Labute approximate surface area is 149 Å². The Morgan fingerprint density at radius 3 is 2.64 bits per heavy atom. The molecule has 0 radical (unpaired) electrons. The molecule has 25 heavy (non-hydrogen) atoms. The molecule has 1 unspecified atom stereocenters. The van der Waals surface area contributed by atoms with Gasteiger partial charge in [0.1, 0.15) is 11.4 Å². The Morgan fingerprint density at radius 2 is 2.08 bits per heavy atom. The van der Waals surface area contributed by atoms with Crippen LogP contribution >= 0.6 is 0 Å². The van der Waals surface area contributed by atoms with Crippen molar-refractivity contribution in [2.45, 2.75) is 58.0 Å². The van der Waals surface area contributed by atoms with E-state index in [1.54, 1.807) is 11.0 Å². The van der Waals surface area contributed by atoms with Crippen molar-refractivity contribution in [3.63, 3.8) is 0 Å². The summed E-state index contributed by atoms with van der Waals surface area (Å²) in [6.45, 7) is 6.93. The van der Waals surface area contributed by atoms with E-state index in [9.17, 15) is 9.18 Å². The molecule has 2 rings (SSSR count). The van der Waals surface area contributed by atoms with E-state index in [1.807, 2.05) is 26.8 Å². The number of halogens is 1. The molecule has 0 aliphatic carbocycles. The standard InChI is InChI=1S/C20H27FN2O2/c1-20(2,3)25-19(24)23-11-8-15(9-12-23)13-17(7-10-22)16-5-4-6-18(21)14-16/h4-6,14-15,17H,7-9,11-13H2,1-3H3. The number of carbonyl (C=O) groups is 1. The van der Waals surface area contributed by atoms with Crippen molar-refractivity contribution in [3.8, 4) is 6.07 Å². The van der Waals surface area contributed by atoms with Gasteiger partial charge in [-0.2, -0.15) is 5.26 Å². The normalized spacial score (nSPS) is 17.0. The first-order chi connectivity index (χ1) is 11.8. The number of ether oxygens (including phenoxy) is 1. The highest BCUT2D eigenvalue weighted by atomic mass is 19.1. The van der Waals surface area contributed by atoms with E-state index >= 15 is 0 Å². The lowest BCUT2D eigenvalue weighted by Crippen LogP contribution is -2.41.